The lowest BCUT2D eigenvalue weighted by Crippen LogP contribution is -2.21. The molecule has 0 aliphatic heterocycles. The zero-order valence-corrected chi connectivity index (χ0v) is 11.0. The summed E-state index contributed by atoms with van der Waals surface area (Å²) in [5.41, 5.74) is 0.949. The molecular formula is C15H18O4. The van der Waals surface area contributed by atoms with E-state index in [1.807, 2.05) is 44.2 Å². The van der Waals surface area contributed by atoms with E-state index in [4.69, 9.17) is 5.11 Å². The van der Waals surface area contributed by atoms with Crippen molar-refractivity contribution >= 4 is 11.9 Å². The molecule has 1 aromatic carbocycles. The fourth-order valence-corrected chi connectivity index (χ4v) is 2.03. The molecule has 0 fully saturated rings. The Kier molecular flexibility index (Phi) is 5.30. The Bertz CT molecular complexity index is 474. The molecule has 0 heterocycles. The average molecular weight is 262 g/mol. The molecule has 0 saturated heterocycles. The molecular weight excluding hydrogens is 244 g/mol. The number of hydrogen-bond acceptors (Lipinski definition) is 2. The first-order valence-electron chi connectivity index (χ1n) is 6.13. The molecule has 0 aliphatic rings. The summed E-state index contributed by atoms with van der Waals surface area (Å²) in [6.07, 6.45) is 1.32. The SMILES string of the molecule is CC(C)C(Cc1ccccc1)C(=CC(=O)O)C(=O)O. The van der Waals surface area contributed by atoms with Crippen molar-refractivity contribution in [3.63, 3.8) is 0 Å². The lowest BCUT2D eigenvalue weighted by Gasteiger charge is -2.21. The van der Waals surface area contributed by atoms with Crippen LogP contribution in [0.2, 0.25) is 0 Å². The number of rotatable bonds is 6. The third kappa shape index (κ3) is 4.58. The van der Waals surface area contributed by atoms with Gasteiger partial charge in [0.25, 0.3) is 0 Å². The third-order valence-corrected chi connectivity index (χ3v) is 3.03. The first kappa shape index (κ1) is 15.0. The highest BCUT2D eigenvalue weighted by Crippen LogP contribution is 2.25. The molecule has 19 heavy (non-hydrogen) atoms. The van der Waals surface area contributed by atoms with E-state index < -0.39 is 11.9 Å². The number of carbonyl (C=O) groups is 2. The molecule has 0 radical (unpaired) electrons. The number of carboxylic acids is 2. The lowest BCUT2D eigenvalue weighted by molar-refractivity contribution is -0.135. The van der Waals surface area contributed by atoms with Crippen LogP contribution in [0.15, 0.2) is 42.0 Å². The van der Waals surface area contributed by atoms with Crippen LogP contribution in [-0.4, -0.2) is 22.2 Å². The van der Waals surface area contributed by atoms with E-state index in [1.54, 1.807) is 0 Å². The summed E-state index contributed by atoms with van der Waals surface area (Å²) in [6.45, 7) is 3.79. The molecule has 1 unspecified atom stereocenters. The van der Waals surface area contributed by atoms with Crippen molar-refractivity contribution in [2.24, 2.45) is 11.8 Å². The van der Waals surface area contributed by atoms with E-state index in [1.165, 1.54) is 0 Å². The van der Waals surface area contributed by atoms with Gasteiger partial charge in [-0.1, -0.05) is 44.2 Å². The van der Waals surface area contributed by atoms with E-state index in [9.17, 15) is 14.7 Å². The Balaban J connectivity index is 3.05. The summed E-state index contributed by atoms with van der Waals surface area (Å²) >= 11 is 0. The molecule has 0 spiro atoms. The summed E-state index contributed by atoms with van der Waals surface area (Å²) < 4.78 is 0. The van der Waals surface area contributed by atoms with Gasteiger partial charge in [-0.3, -0.25) is 0 Å². The molecule has 2 N–H and O–H groups in total. The fraction of sp³-hybridized carbons (Fsp3) is 0.333. The molecule has 1 atom stereocenters. The topological polar surface area (TPSA) is 74.6 Å². The van der Waals surface area contributed by atoms with Gasteiger partial charge in [0.2, 0.25) is 0 Å². The minimum atomic E-state index is -1.23. The van der Waals surface area contributed by atoms with Crippen molar-refractivity contribution in [1.29, 1.82) is 0 Å². The highest BCUT2D eigenvalue weighted by atomic mass is 16.4. The Labute approximate surface area is 112 Å². The highest BCUT2D eigenvalue weighted by Gasteiger charge is 2.25. The molecule has 0 bridgehead atoms. The van der Waals surface area contributed by atoms with Crippen molar-refractivity contribution in [3.05, 3.63) is 47.5 Å². The molecule has 0 amide bonds. The number of carboxylic acid groups (broad SMARTS) is 2. The van der Waals surface area contributed by atoms with E-state index in [0.717, 1.165) is 11.6 Å². The lowest BCUT2D eigenvalue weighted by atomic mass is 9.83. The van der Waals surface area contributed by atoms with Crippen LogP contribution in [0, 0.1) is 11.8 Å². The van der Waals surface area contributed by atoms with Crippen molar-refractivity contribution in [2.75, 3.05) is 0 Å². The summed E-state index contributed by atoms with van der Waals surface area (Å²) in [5, 5.41) is 18.0. The Hall–Kier alpha value is -2.10. The maximum Gasteiger partial charge on any atom is 0.332 e. The van der Waals surface area contributed by atoms with Gasteiger partial charge in [-0.15, -0.1) is 0 Å². The number of hydrogen-bond donors (Lipinski definition) is 2. The van der Waals surface area contributed by atoms with Crippen LogP contribution in [0.25, 0.3) is 0 Å². The molecule has 4 heteroatoms. The normalized spacial score (nSPS) is 13.3. The van der Waals surface area contributed by atoms with E-state index >= 15 is 0 Å². The van der Waals surface area contributed by atoms with Crippen molar-refractivity contribution in [2.45, 2.75) is 20.3 Å². The second kappa shape index (κ2) is 6.73. The van der Waals surface area contributed by atoms with Gasteiger partial charge < -0.3 is 10.2 Å². The van der Waals surface area contributed by atoms with E-state index in [0.29, 0.717) is 6.42 Å². The standard InChI is InChI=1S/C15H18O4/c1-10(2)12(8-11-6-4-3-5-7-11)13(15(18)19)9-14(16)17/h3-7,9-10,12H,8H2,1-2H3,(H,16,17)(H,18,19). The van der Waals surface area contributed by atoms with Crippen LogP contribution >= 0.6 is 0 Å². The molecule has 4 nitrogen and oxygen atoms in total. The van der Waals surface area contributed by atoms with Crippen LogP contribution in [0.1, 0.15) is 19.4 Å². The van der Waals surface area contributed by atoms with Crippen LogP contribution in [0.3, 0.4) is 0 Å². The maximum atomic E-state index is 11.2. The minimum Gasteiger partial charge on any atom is -0.478 e. The Morgan fingerprint density at radius 3 is 2.16 bits per heavy atom. The van der Waals surface area contributed by atoms with Gasteiger partial charge in [-0.2, -0.15) is 0 Å². The van der Waals surface area contributed by atoms with Crippen LogP contribution in [0.4, 0.5) is 0 Å². The predicted octanol–water partition coefficient (Wildman–Crippen LogP) is 2.60. The van der Waals surface area contributed by atoms with Crippen LogP contribution < -0.4 is 0 Å². The monoisotopic (exact) mass is 262 g/mol. The third-order valence-electron chi connectivity index (χ3n) is 3.03. The molecule has 1 rings (SSSR count). The van der Waals surface area contributed by atoms with Crippen molar-refractivity contribution in [1.82, 2.24) is 0 Å². The Morgan fingerprint density at radius 2 is 1.74 bits per heavy atom. The molecule has 0 aromatic heterocycles. The minimum absolute atomic E-state index is 0.0434. The molecule has 102 valence electrons. The summed E-state index contributed by atoms with van der Waals surface area (Å²) in [4.78, 5) is 22.0. The first-order valence-corrected chi connectivity index (χ1v) is 6.13. The van der Waals surface area contributed by atoms with E-state index in [-0.39, 0.29) is 17.4 Å². The largest absolute Gasteiger partial charge is 0.478 e. The quantitative estimate of drug-likeness (QED) is 0.773. The van der Waals surface area contributed by atoms with Crippen LogP contribution in [-0.2, 0) is 16.0 Å². The van der Waals surface area contributed by atoms with Crippen molar-refractivity contribution in [3.8, 4) is 0 Å². The maximum absolute atomic E-state index is 11.2. The van der Waals surface area contributed by atoms with Crippen LogP contribution in [0.5, 0.6) is 0 Å². The van der Waals surface area contributed by atoms with Gasteiger partial charge in [-0.05, 0) is 23.8 Å². The zero-order valence-electron chi connectivity index (χ0n) is 11.0. The molecule has 0 saturated carbocycles. The first-order chi connectivity index (χ1) is 8.91. The highest BCUT2D eigenvalue weighted by molar-refractivity contribution is 5.95. The van der Waals surface area contributed by atoms with Gasteiger partial charge in [0.15, 0.2) is 0 Å². The van der Waals surface area contributed by atoms with E-state index in [2.05, 4.69) is 0 Å². The van der Waals surface area contributed by atoms with Gasteiger partial charge in [0.05, 0.1) is 0 Å². The van der Waals surface area contributed by atoms with Gasteiger partial charge in [0, 0.05) is 11.6 Å². The zero-order chi connectivity index (χ0) is 14.4. The summed E-state index contributed by atoms with van der Waals surface area (Å²) in [7, 11) is 0. The summed E-state index contributed by atoms with van der Waals surface area (Å²) in [6, 6.07) is 9.48. The summed E-state index contributed by atoms with van der Waals surface area (Å²) in [5.74, 6) is -2.67. The predicted molar refractivity (Wildman–Crippen MR) is 71.8 cm³/mol. The van der Waals surface area contributed by atoms with Gasteiger partial charge in [0.1, 0.15) is 0 Å². The Morgan fingerprint density at radius 1 is 1.16 bits per heavy atom. The number of aliphatic carboxylic acids is 2. The van der Waals surface area contributed by atoms with Gasteiger partial charge >= 0.3 is 11.9 Å². The average Bonchev–Trinajstić information content (AvgIpc) is 2.34. The molecule has 1 aromatic rings. The fourth-order valence-electron chi connectivity index (χ4n) is 2.03. The second-order valence-corrected chi connectivity index (χ2v) is 4.78. The van der Waals surface area contributed by atoms with Crippen molar-refractivity contribution < 1.29 is 19.8 Å². The number of benzene rings is 1. The smallest absolute Gasteiger partial charge is 0.332 e. The second-order valence-electron chi connectivity index (χ2n) is 4.78. The van der Waals surface area contributed by atoms with Gasteiger partial charge in [-0.25, -0.2) is 9.59 Å². The molecule has 0 aliphatic carbocycles.